The molecule has 0 aliphatic heterocycles. The van der Waals surface area contributed by atoms with E-state index in [4.69, 9.17) is 0 Å². The minimum absolute atomic E-state index is 0.0516. The van der Waals surface area contributed by atoms with Gasteiger partial charge in [0.05, 0.1) is 28.9 Å². The topological polar surface area (TPSA) is 46.9 Å². The van der Waals surface area contributed by atoms with Crippen molar-refractivity contribution in [3.05, 3.63) is 82.2 Å². The van der Waals surface area contributed by atoms with Crippen LogP contribution in [0.4, 0.5) is 26.3 Å². The summed E-state index contributed by atoms with van der Waals surface area (Å²) in [5, 5.41) is 6.81. The summed E-state index contributed by atoms with van der Waals surface area (Å²) in [6, 6.07) is 10.5. The Morgan fingerprint density at radius 3 is 2.03 bits per heavy atom. The van der Waals surface area contributed by atoms with E-state index in [9.17, 15) is 31.1 Å². The third-order valence-corrected chi connectivity index (χ3v) is 4.92. The molecule has 10 heteroatoms. The van der Waals surface area contributed by atoms with Gasteiger partial charge in [0.25, 0.3) is 0 Å². The highest BCUT2D eigenvalue weighted by Gasteiger charge is 2.36. The molecular formula is C22H19F6N3O. The molecule has 0 atom stereocenters. The second kappa shape index (κ2) is 8.68. The number of aryl methyl sites for hydroxylation is 1. The lowest BCUT2D eigenvalue weighted by molar-refractivity contribution is -0.143. The lowest BCUT2D eigenvalue weighted by Crippen LogP contribution is -2.25. The van der Waals surface area contributed by atoms with Crippen molar-refractivity contribution in [1.29, 1.82) is 0 Å². The molecule has 0 spiro atoms. The molecule has 0 unspecified atom stereocenters. The molecule has 0 bridgehead atoms. The van der Waals surface area contributed by atoms with Gasteiger partial charge in [0.15, 0.2) is 0 Å². The lowest BCUT2D eigenvalue weighted by Gasteiger charge is -2.14. The van der Waals surface area contributed by atoms with E-state index in [0.29, 0.717) is 29.1 Å². The summed E-state index contributed by atoms with van der Waals surface area (Å²) in [5.41, 5.74) is -0.411. The van der Waals surface area contributed by atoms with Crippen LogP contribution in [0.1, 0.15) is 33.6 Å². The number of nitrogens with zero attached hydrogens (tertiary/aromatic N) is 2. The van der Waals surface area contributed by atoms with Crippen LogP contribution in [0.5, 0.6) is 0 Å². The summed E-state index contributed by atoms with van der Waals surface area (Å²) in [6.07, 6.45) is -10.0. The predicted octanol–water partition coefficient (Wildman–Crippen LogP) is 5.39. The van der Waals surface area contributed by atoms with Crippen LogP contribution < -0.4 is 5.32 Å². The molecule has 3 rings (SSSR count). The summed E-state index contributed by atoms with van der Waals surface area (Å²) in [6.45, 7) is 3.02. The zero-order chi connectivity index (χ0) is 23.7. The van der Waals surface area contributed by atoms with E-state index in [-0.39, 0.29) is 18.1 Å². The normalized spacial score (nSPS) is 12.1. The smallest absolute Gasteiger partial charge is 0.352 e. The Balaban J connectivity index is 1.77. The minimum atomic E-state index is -4.94. The van der Waals surface area contributed by atoms with Gasteiger partial charge in [-0.1, -0.05) is 18.2 Å². The standard InChI is InChI=1S/C22H19F6N3O/c1-13-19(14(2)31(30-13)18-6-4-3-5-7-18)11-20(32)29-12-15-8-16(21(23,24)25)10-17(9-15)22(26,27)28/h3-10H,11-12H2,1-2H3,(H,29,32). The molecule has 0 fully saturated rings. The molecule has 1 aromatic heterocycles. The number of amides is 1. The number of para-hydroxylation sites is 1. The van der Waals surface area contributed by atoms with Crippen molar-refractivity contribution in [2.75, 3.05) is 0 Å². The quantitative estimate of drug-likeness (QED) is 0.525. The Hall–Kier alpha value is -3.30. The number of rotatable bonds is 5. The average molecular weight is 455 g/mol. The summed E-state index contributed by atoms with van der Waals surface area (Å²) < 4.78 is 79.6. The number of carbonyl (C=O) groups is 1. The fourth-order valence-corrected chi connectivity index (χ4v) is 3.30. The molecule has 170 valence electrons. The summed E-state index contributed by atoms with van der Waals surface area (Å²) >= 11 is 0. The van der Waals surface area contributed by atoms with Gasteiger partial charge in [-0.3, -0.25) is 4.79 Å². The van der Waals surface area contributed by atoms with Crippen molar-refractivity contribution in [2.45, 2.75) is 39.2 Å². The first-order chi connectivity index (χ1) is 14.9. The number of aromatic nitrogens is 2. The maximum absolute atomic E-state index is 13.0. The number of nitrogens with one attached hydrogen (secondary N) is 1. The van der Waals surface area contributed by atoms with Crippen molar-refractivity contribution in [1.82, 2.24) is 15.1 Å². The second-order valence-electron chi connectivity index (χ2n) is 7.26. The van der Waals surface area contributed by atoms with Gasteiger partial charge >= 0.3 is 12.4 Å². The van der Waals surface area contributed by atoms with E-state index in [2.05, 4.69) is 10.4 Å². The van der Waals surface area contributed by atoms with Crippen LogP contribution in [0.2, 0.25) is 0 Å². The Morgan fingerprint density at radius 2 is 1.50 bits per heavy atom. The molecular weight excluding hydrogens is 436 g/mol. The predicted molar refractivity (Wildman–Crippen MR) is 105 cm³/mol. The molecule has 0 radical (unpaired) electrons. The molecule has 2 aromatic carbocycles. The zero-order valence-corrected chi connectivity index (χ0v) is 17.1. The third-order valence-electron chi connectivity index (χ3n) is 4.92. The Kier molecular flexibility index (Phi) is 6.34. The maximum atomic E-state index is 13.0. The summed E-state index contributed by atoms with van der Waals surface area (Å²) in [7, 11) is 0. The van der Waals surface area contributed by atoms with Crippen molar-refractivity contribution < 1.29 is 31.1 Å². The third kappa shape index (κ3) is 5.30. The Morgan fingerprint density at radius 1 is 0.938 bits per heavy atom. The number of alkyl halides is 6. The monoisotopic (exact) mass is 455 g/mol. The number of halogens is 6. The first kappa shape index (κ1) is 23.4. The molecule has 1 N–H and O–H groups in total. The molecule has 0 aliphatic carbocycles. The van der Waals surface area contributed by atoms with Crippen molar-refractivity contribution in [3.63, 3.8) is 0 Å². The number of hydrogen-bond donors (Lipinski definition) is 1. The fourth-order valence-electron chi connectivity index (χ4n) is 3.30. The van der Waals surface area contributed by atoms with Gasteiger partial charge in [0, 0.05) is 17.8 Å². The Labute approximate surface area is 179 Å². The SMILES string of the molecule is Cc1nn(-c2ccccc2)c(C)c1CC(=O)NCc1cc(C(F)(F)F)cc(C(F)(F)F)c1. The summed E-state index contributed by atoms with van der Waals surface area (Å²) in [4.78, 5) is 12.4. The molecule has 4 nitrogen and oxygen atoms in total. The molecule has 1 amide bonds. The highest BCUT2D eigenvalue weighted by Crippen LogP contribution is 2.36. The van der Waals surface area contributed by atoms with Crippen LogP contribution >= 0.6 is 0 Å². The van der Waals surface area contributed by atoms with E-state index in [1.54, 1.807) is 18.5 Å². The largest absolute Gasteiger partial charge is 0.416 e. The van der Waals surface area contributed by atoms with Gasteiger partial charge < -0.3 is 5.32 Å². The van der Waals surface area contributed by atoms with E-state index < -0.39 is 35.9 Å². The minimum Gasteiger partial charge on any atom is -0.352 e. The van der Waals surface area contributed by atoms with Gasteiger partial charge in [0.2, 0.25) is 5.91 Å². The van der Waals surface area contributed by atoms with Crippen LogP contribution in [0.25, 0.3) is 5.69 Å². The van der Waals surface area contributed by atoms with Gasteiger partial charge in [-0.2, -0.15) is 31.4 Å². The first-order valence-electron chi connectivity index (χ1n) is 9.52. The number of hydrogen-bond acceptors (Lipinski definition) is 2. The van der Waals surface area contributed by atoms with Gasteiger partial charge in [0.1, 0.15) is 0 Å². The molecule has 1 heterocycles. The van der Waals surface area contributed by atoms with Crippen molar-refractivity contribution in [3.8, 4) is 5.69 Å². The van der Waals surface area contributed by atoms with Crippen LogP contribution in [0.15, 0.2) is 48.5 Å². The molecule has 32 heavy (non-hydrogen) atoms. The van der Waals surface area contributed by atoms with Crippen LogP contribution in [0, 0.1) is 13.8 Å². The molecule has 0 saturated carbocycles. The fraction of sp³-hybridized carbons (Fsp3) is 0.273. The summed E-state index contributed by atoms with van der Waals surface area (Å²) in [5.74, 6) is -0.546. The van der Waals surface area contributed by atoms with Crippen LogP contribution in [0.3, 0.4) is 0 Å². The van der Waals surface area contributed by atoms with Crippen molar-refractivity contribution >= 4 is 5.91 Å². The van der Waals surface area contributed by atoms with Gasteiger partial charge in [-0.25, -0.2) is 4.68 Å². The van der Waals surface area contributed by atoms with E-state index in [0.717, 1.165) is 5.69 Å². The highest BCUT2D eigenvalue weighted by atomic mass is 19.4. The second-order valence-corrected chi connectivity index (χ2v) is 7.26. The van der Waals surface area contributed by atoms with E-state index in [1.807, 2.05) is 30.3 Å². The van der Waals surface area contributed by atoms with E-state index >= 15 is 0 Å². The van der Waals surface area contributed by atoms with Crippen molar-refractivity contribution in [2.24, 2.45) is 0 Å². The van der Waals surface area contributed by atoms with E-state index in [1.165, 1.54) is 0 Å². The van der Waals surface area contributed by atoms with Gasteiger partial charge in [-0.15, -0.1) is 0 Å². The Bertz CT molecular complexity index is 1080. The number of carbonyl (C=O) groups excluding carboxylic acids is 1. The van der Waals surface area contributed by atoms with Crippen LogP contribution in [-0.4, -0.2) is 15.7 Å². The first-order valence-corrected chi connectivity index (χ1v) is 9.52. The lowest BCUT2D eigenvalue weighted by atomic mass is 10.0. The molecule has 3 aromatic rings. The number of benzene rings is 2. The van der Waals surface area contributed by atoms with Crippen LogP contribution in [-0.2, 0) is 30.1 Å². The van der Waals surface area contributed by atoms with Gasteiger partial charge in [-0.05, 0) is 49.7 Å². The zero-order valence-electron chi connectivity index (χ0n) is 17.1. The maximum Gasteiger partial charge on any atom is 0.416 e. The molecule has 0 saturated heterocycles. The average Bonchev–Trinajstić information content (AvgIpc) is 2.99. The highest BCUT2D eigenvalue weighted by molar-refractivity contribution is 5.79. The molecule has 0 aliphatic rings.